The summed E-state index contributed by atoms with van der Waals surface area (Å²) in [6.45, 7) is 8.30. The number of alkyl carbamates (subject to hydrolysis) is 1. The Hall–Kier alpha value is -3.08. The largest absolute Gasteiger partial charge is 0.444 e. The van der Waals surface area contributed by atoms with Gasteiger partial charge in [-0.15, -0.1) is 0 Å². The molecule has 2 N–H and O–H groups in total. The summed E-state index contributed by atoms with van der Waals surface area (Å²) in [6, 6.07) is 6.80. The Bertz CT molecular complexity index is 895. The van der Waals surface area contributed by atoms with Crippen molar-refractivity contribution in [2.45, 2.75) is 84.4 Å². The smallest absolute Gasteiger partial charge is 0.408 e. The Kier molecular flexibility index (Phi) is 9.27. The summed E-state index contributed by atoms with van der Waals surface area (Å²) in [7, 11) is 0. The van der Waals surface area contributed by atoms with Crippen LogP contribution in [0.1, 0.15) is 75.6 Å². The third-order valence-corrected chi connectivity index (χ3v) is 5.59. The van der Waals surface area contributed by atoms with E-state index in [1.165, 1.54) is 4.90 Å². The Morgan fingerprint density at radius 3 is 2.45 bits per heavy atom. The first-order chi connectivity index (χ1) is 15.5. The van der Waals surface area contributed by atoms with Gasteiger partial charge in [0.1, 0.15) is 24.7 Å². The molecule has 180 valence electrons. The van der Waals surface area contributed by atoms with Gasteiger partial charge in [-0.1, -0.05) is 43.0 Å². The van der Waals surface area contributed by atoms with Crippen LogP contribution >= 0.6 is 0 Å². The van der Waals surface area contributed by atoms with E-state index in [0.29, 0.717) is 5.56 Å². The molecule has 1 saturated carbocycles. The molecule has 2 rings (SSSR count). The first-order valence-electron chi connectivity index (χ1n) is 11.5. The Labute approximate surface area is 196 Å². The van der Waals surface area contributed by atoms with Gasteiger partial charge in [-0.05, 0) is 58.6 Å². The molecule has 1 fully saturated rings. The van der Waals surface area contributed by atoms with Crippen LogP contribution in [0.15, 0.2) is 18.2 Å². The number of benzene rings is 1. The maximum absolute atomic E-state index is 13.5. The summed E-state index contributed by atoms with van der Waals surface area (Å²) in [4.78, 5) is 39.9. The highest BCUT2D eigenvalue weighted by molar-refractivity contribution is 5.91. The lowest BCUT2D eigenvalue weighted by atomic mass is 9.93. The van der Waals surface area contributed by atoms with Gasteiger partial charge < -0.3 is 20.3 Å². The molecule has 1 atom stereocenters. The van der Waals surface area contributed by atoms with Crippen molar-refractivity contribution in [3.05, 3.63) is 34.9 Å². The van der Waals surface area contributed by atoms with E-state index in [1.54, 1.807) is 20.8 Å². The number of rotatable bonds is 7. The molecular formula is C25H36N4O4. The van der Waals surface area contributed by atoms with Crippen molar-refractivity contribution >= 4 is 17.9 Å². The number of carbonyl (C=O) groups excluding carboxylic acids is 3. The highest BCUT2D eigenvalue weighted by Gasteiger charge is 2.34. The molecule has 0 aliphatic heterocycles. The topological polar surface area (TPSA) is 112 Å². The van der Waals surface area contributed by atoms with Crippen LogP contribution in [-0.4, -0.2) is 47.5 Å². The SMILES string of the molecule is Cc1ccc(C)c(C(C(=O)NC2CCCCC2)N(CC#N)C(=O)CNC(=O)OC(C)(C)C)c1. The van der Waals surface area contributed by atoms with Crippen LogP contribution in [0.3, 0.4) is 0 Å². The minimum Gasteiger partial charge on any atom is -0.444 e. The summed E-state index contributed by atoms with van der Waals surface area (Å²) in [6.07, 6.45) is 4.33. The minimum atomic E-state index is -0.973. The summed E-state index contributed by atoms with van der Waals surface area (Å²) >= 11 is 0. The zero-order valence-corrected chi connectivity index (χ0v) is 20.4. The van der Waals surface area contributed by atoms with Crippen LogP contribution in [0.2, 0.25) is 0 Å². The molecule has 33 heavy (non-hydrogen) atoms. The van der Waals surface area contributed by atoms with Gasteiger partial charge in [0.05, 0.1) is 6.07 Å². The number of aryl methyl sites for hydroxylation is 2. The van der Waals surface area contributed by atoms with E-state index < -0.39 is 23.6 Å². The highest BCUT2D eigenvalue weighted by Crippen LogP contribution is 2.27. The third-order valence-electron chi connectivity index (χ3n) is 5.59. The fraction of sp³-hybridized carbons (Fsp3) is 0.600. The average molecular weight is 457 g/mol. The van der Waals surface area contributed by atoms with E-state index in [9.17, 15) is 19.6 Å². The van der Waals surface area contributed by atoms with Gasteiger partial charge in [-0.3, -0.25) is 9.59 Å². The first kappa shape index (κ1) is 26.2. The maximum Gasteiger partial charge on any atom is 0.408 e. The van der Waals surface area contributed by atoms with Gasteiger partial charge >= 0.3 is 6.09 Å². The first-order valence-corrected chi connectivity index (χ1v) is 11.5. The zero-order chi connectivity index (χ0) is 24.6. The number of amides is 3. The number of carbonyl (C=O) groups is 3. The fourth-order valence-corrected chi connectivity index (χ4v) is 4.00. The van der Waals surface area contributed by atoms with Gasteiger partial charge in [0.2, 0.25) is 11.8 Å². The van der Waals surface area contributed by atoms with Gasteiger partial charge in [0, 0.05) is 6.04 Å². The number of nitrogens with one attached hydrogen (secondary N) is 2. The van der Waals surface area contributed by atoms with Crippen molar-refractivity contribution in [3.63, 3.8) is 0 Å². The van der Waals surface area contributed by atoms with Crippen LogP contribution in [-0.2, 0) is 14.3 Å². The second-order valence-electron chi connectivity index (χ2n) is 9.64. The van der Waals surface area contributed by atoms with Crippen molar-refractivity contribution in [3.8, 4) is 6.07 Å². The summed E-state index contributed by atoms with van der Waals surface area (Å²) in [5.74, 6) is -0.844. The summed E-state index contributed by atoms with van der Waals surface area (Å²) in [5.41, 5.74) is 1.76. The van der Waals surface area contributed by atoms with E-state index in [-0.39, 0.29) is 25.0 Å². The number of hydrogen-bond donors (Lipinski definition) is 2. The monoisotopic (exact) mass is 456 g/mol. The van der Waals surface area contributed by atoms with Gasteiger partial charge in [-0.25, -0.2) is 4.79 Å². The minimum absolute atomic E-state index is 0.0535. The Morgan fingerprint density at radius 1 is 1.18 bits per heavy atom. The predicted molar refractivity (Wildman–Crippen MR) is 125 cm³/mol. The van der Waals surface area contributed by atoms with E-state index >= 15 is 0 Å². The summed E-state index contributed by atoms with van der Waals surface area (Å²) in [5, 5.41) is 15.0. The molecule has 0 saturated heterocycles. The second-order valence-corrected chi connectivity index (χ2v) is 9.64. The van der Waals surface area contributed by atoms with Gasteiger partial charge in [-0.2, -0.15) is 5.26 Å². The molecular weight excluding hydrogens is 420 g/mol. The van der Waals surface area contributed by atoms with Crippen LogP contribution in [0.4, 0.5) is 4.79 Å². The fourth-order valence-electron chi connectivity index (χ4n) is 4.00. The van der Waals surface area contributed by atoms with E-state index in [0.717, 1.165) is 43.2 Å². The molecule has 8 heteroatoms. The molecule has 0 bridgehead atoms. The standard InChI is InChI=1S/C25H36N4O4/c1-17-11-12-18(2)20(15-17)22(23(31)28-19-9-7-6-8-10-19)29(14-13-26)21(30)16-27-24(32)33-25(3,4)5/h11-12,15,19,22H,6-10,14,16H2,1-5H3,(H,27,32)(H,28,31). The molecule has 1 aliphatic carbocycles. The number of nitrogens with zero attached hydrogens (tertiary/aromatic N) is 2. The third kappa shape index (κ3) is 8.08. The van der Waals surface area contributed by atoms with Crippen LogP contribution in [0.25, 0.3) is 0 Å². The Balaban J connectivity index is 2.30. The van der Waals surface area contributed by atoms with Crippen molar-refractivity contribution < 1.29 is 19.1 Å². The molecule has 8 nitrogen and oxygen atoms in total. The average Bonchev–Trinajstić information content (AvgIpc) is 2.73. The van der Waals surface area contributed by atoms with E-state index in [2.05, 4.69) is 10.6 Å². The van der Waals surface area contributed by atoms with Crippen LogP contribution in [0, 0.1) is 25.2 Å². The van der Waals surface area contributed by atoms with Crippen LogP contribution in [0.5, 0.6) is 0 Å². The molecule has 0 aromatic heterocycles. The summed E-state index contributed by atoms with van der Waals surface area (Å²) < 4.78 is 5.19. The van der Waals surface area contributed by atoms with E-state index in [4.69, 9.17) is 4.74 Å². The molecule has 1 aliphatic rings. The number of hydrogen-bond acceptors (Lipinski definition) is 5. The molecule has 3 amide bonds. The molecule has 0 radical (unpaired) electrons. The Morgan fingerprint density at radius 2 is 1.85 bits per heavy atom. The molecule has 1 unspecified atom stereocenters. The van der Waals surface area contributed by atoms with Crippen molar-refractivity contribution in [1.29, 1.82) is 5.26 Å². The quantitative estimate of drug-likeness (QED) is 0.608. The van der Waals surface area contributed by atoms with Crippen molar-refractivity contribution in [1.82, 2.24) is 15.5 Å². The lowest BCUT2D eigenvalue weighted by molar-refractivity contribution is -0.139. The molecule has 0 spiro atoms. The predicted octanol–water partition coefficient (Wildman–Crippen LogP) is 3.67. The van der Waals surface area contributed by atoms with Gasteiger partial charge in [0.15, 0.2) is 0 Å². The van der Waals surface area contributed by atoms with Crippen LogP contribution < -0.4 is 10.6 Å². The molecule has 1 aromatic rings. The van der Waals surface area contributed by atoms with Crippen molar-refractivity contribution in [2.24, 2.45) is 0 Å². The van der Waals surface area contributed by atoms with Gasteiger partial charge in [0.25, 0.3) is 0 Å². The lowest BCUT2D eigenvalue weighted by Crippen LogP contribution is -2.50. The maximum atomic E-state index is 13.5. The highest BCUT2D eigenvalue weighted by atomic mass is 16.6. The normalized spacial score (nSPS) is 15.2. The molecule has 0 heterocycles. The number of nitriles is 1. The number of ether oxygens (including phenoxy) is 1. The van der Waals surface area contributed by atoms with E-state index in [1.807, 2.05) is 38.1 Å². The second kappa shape index (κ2) is 11.7. The zero-order valence-electron chi connectivity index (χ0n) is 20.4. The lowest BCUT2D eigenvalue weighted by Gasteiger charge is -2.33. The molecule has 1 aromatic carbocycles. The van der Waals surface area contributed by atoms with Crippen molar-refractivity contribution in [2.75, 3.05) is 13.1 Å².